The lowest BCUT2D eigenvalue weighted by Crippen LogP contribution is -2.36. The second-order valence-electron chi connectivity index (χ2n) is 5.70. The molecule has 0 aliphatic rings. The van der Waals surface area contributed by atoms with Crippen molar-refractivity contribution in [1.82, 2.24) is 4.90 Å². The average molecular weight is 333 g/mol. The molecule has 0 saturated heterocycles. The number of rotatable bonds is 10. The van der Waals surface area contributed by atoms with Gasteiger partial charge >= 0.3 is 0 Å². The van der Waals surface area contributed by atoms with Gasteiger partial charge in [-0.15, -0.1) is 0 Å². The molecule has 2 N–H and O–H groups in total. The summed E-state index contributed by atoms with van der Waals surface area (Å²) in [6.45, 7) is 1.76. The van der Waals surface area contributed by atoms with Crippen molar-refractivity contribution in [2.75, 3.05) is 26.3 Å². The zero-order valence-corrected chi connectivity index (χ0v) is 13.6. The molecule has 0 fully saturated rings. The van der Waals surface area contributed by atoms with Crippen molar-refractivity contribution in [3.8, 4) is 0 Å². The Kier molecular flexibility index (Phi) is 7.85. The third-order valence-electron chi connectivity index (χ3n) is 3.66. The highest BCUT2D eigenvalue weighted by molar-refractivity contribution is 5.16. The Labute approximate surface area is 142 Å². The third-order valence-corrected chi connectivity index (χ3v) is 3.66. The molecule has 5 heteroatoms. The second kappa shape index (κ2) is 10.2. The molecular formula is C19H24FNO3. The standard InChI is InChI=1S/C19H24FNO3/c20-19-9-5-4-8-17(19)14-24-15-18(23)13-21(10-11-22)12-16-6-2-1-3-7-16/h1-9,18,22-23H,10-15H2. The molecule has 0 bridgehead atoms. The van der Waals surface area contributed by atoms with E-state index in [1.165, 1.54) is 6.07 Å². The summed E-state index contributed by atoms with van der Waals surface area (Å²) < 4.78 is 18.9. The van der Waals surface area contributed by atoms with Crippen LogP contribution in [0.5, 0.6) is 0 Å². The van der Waals surface area contributed by atoms with Crippen LogP contribution >= 0.6 is 0 Å². The number of benzene rings is 2. The molecule has 24 heavy (non-hydrogen) atoms. The maximum absolute atomic E-state index is 13.5. The van der Waals surface area contributed by atoms with Gasteiger partial charge in [0.05, 0.1) is 25.9 Å². The van der Waals surface area contributed by atoms with Crippen LogP contribution in [0, 0.1) is 5.82 Å². The lowest BCUT2D eigenvalue weighted by Gasteiger charge is -2.24. The fourth-order valence-corrected chi connectivity index (χ4v) is 2.49. The molecule has 130 valence electrons. The Hall–Kier alpha value is -1.79. The molecule has 0 aliphatic heterocycles. The van der Waals surface area contributed by atoms with E-state index in [4.69, 9.17) is 4.74 Å². The quantitative estimate of drug-likeness (QED) is 0.700. The van der Waals surface area contributed by atoms with Gasteiger partial charge in [0.1, 0.15) is 5.82 Å². The third kappa shape index (κ3) is 6.37. The van der Waals surface area contributed by atoms with E-state index in [9.17, 15) is 14.6 Å². The van der Waals surface area contributed by atoms with Crippen molar-refractivity contribution in [3.05, 3.63) is 71.5 Å². The fourth-order valence-electron chi connectivity index (χ4n) is 2.49. The number of hydrogen-bond acceptors (Lipinski definition) is 4. The molecular weight excluding hydrogens is 309 g/mol. The summed E-state index contributed by atoms with van der Waals surface area (Å²) >= 11 is 0. The van der Waals surface area contributed by atoms with Gasteiger partial charge in [-0.25, -0.2) is 4.39 Å². The molecule has 0 aliphatic carbocycles. The minimum absolute atomic E-state index is 0.0234. The normalized spacial score (nSPS) is 12.5. The van der Waals surface area contributed by atoms with Crippen molar-refractivity contribution < 1.29 is 19.3 Å². The summed E-state index contributed by atoms with van der Waals surface area (Å²) in [4.78, 5) is 1.96. The number of nitrogens with zero attached hydrogens (tertiary/aromatic N) is 1. The highest BCUT2D eigenvalue weighted by Gasteiger charge is 2.13. The van der Waals surface area contributed by atoms with Crippen molar-refractivity contribution in [1.29, 1.82) is 0 Å². The number of aliphatic hydroxyl groups is 2. The summed E-state index contributed by atoms with van der Waals surface area (Å²) in [6, 6.07) is 16.3. The van der Waals surface area contributed by atoms with Gasteiger partial charge in [0.15, 0.2) is 0 Å². The van der Waals surface area contributed by atoms with Crippen LogP contribution in [0.3, 0.4) is 0 Å². The van der Waals surface area contributed by atoms with Gasteiger partial charge in [-0.3, -0.25) is 4.90 Å². The summed E-state index contributed by atoms with van der Waals surface area (Å²) in [5, 5.41) is 19.3. The second-order valence-corrected chi connectivity index (χ2v) is 5.70. The molecule has 0 heterocycles. The molecule has 0 radical (unpaired) electrons. The molecule has 0 saturated carbocycles. The lowest BCUT2D eigenvalue weighted by molar-refractivity contribution is 0.00547. The Morgan fingerprint density at radius 3 is 2.46 bits per heavy atom. The zero-order valence-electron chi connectivity index (χ0n) is 13.6. The van der Waals surface area contributed by atoms with Gasteiger partial charge in [-0.1, -0.05) is 48.5 Å². The van der Waals surface area contributed by atoms with E-state index < -0.39 is 6.10 Å². The van der Waals surface area contributed by atoms with Gasteiger partial charge in [-0.2, -0.15) is 0 Å². The van der Waals surface area contributed by atoms with Crippen molar-refractivity contribution in [2.45, 2.75) is 19.3 Å². The molecule has 2 aromatic rings. The first kappa shape index (κ1) is 18.5. The summed E-state index contributed by atoms with van der Waals surface area (Å²) in [5.41, 5.74) is 1.59. The van der Waals surface area contributed by atoms with Gasteiger partial charge < -0.3 is 14.9 Å². The molecule has 0 spiro atoms. The van der Waals surface area contributed by atoms with Gasteiger partial charge in [-0.05, 0) is 11.6 Å². The molecule has 0 aromatic heterocycles. The summed E-state index contributed by atoms with van der Waals surface area (Å²) in [7, 11) is 0. The lowest BCUT2D eigenvalue weighted by atomic mass is 10.2. The largest absolute Gasteiger partial charge is 0.395 e. The maximum atomic E-state index is 13.5. The average Bonchev–Trinajstić information content (AvgIpc) is 2.58. The smallest absolute Gasteiger partial charge is 0.128 e. The zero-order chi connectivity index (χ0) is 17.2. The summed E-state index contributed by atoms with van der Waals surface area (Å²) in [5.74, 6) is -0.307. The number of aliphatic hydroxyl groups excluding tert-OH is 2. The first-order valence-corrected chi connectivity index (χ1v) is 8.05. The predicted molar refractivity (Wildman–Crippen MR) is 90.9 cm³/mol. The van der Waals surface area contributed by atoms with Crippen molar-refractivity contribution >= 4 is 0 Å². The number of halogens is 1. The van der Waals surface area contributed by atoms with E-state index >= 15 is 0 Å². The van der Waals surface area contributed by atoms with Crippen molar-refractivity contribution in [3.63, 3.8) is 0 Å². The van der Waals surface area contributed by atoms with Gasteiger partial charge in [0, 0.05) is 25.2 Å². The minimum Gasteiger partial charge on any atom is -0.395 e. The van der Waals surface area contributed by atoms with Gasteiger partial charge in [0.25, 0.3) is 0 Å². The van der Waals surface area contributed by atoms with Crippen LogP contribution in [0.1, 0.15) is 11.1 Å². The Morgan fingerprint density at radius 1 is 1.04 bits per heavy atom. The Balaban J connectivity index is 1.78. The van der Waals surface area contributed by atoms with Crippen LogP contribution < -0.4 is 0 Å². The highest BCUT2D eigenvalue weighted by Crippen LogP contribution is 2.09. The van der Waals surface area contributed by atoms with E-state index in [-0.39, 0.29) is 25.6 Å². The molecule has 0 amide bonds. The van der Waals surface area contributed by atoms with Crippen LogP contribution in [0.25, 0.3) is 0 Å². The highest BCUT2D eigenvalue weighted by atomic mass is 19.1. The van der Waals surface area contributed by atoms with E-state index in [0.29, 0.717) is 25.2 Å². The number of hydrogen-bond donors (Lipinski definition) is 2. The monoisotopic (exact) mass is 333 g/mol. The van der Waals surface area contributed by atoms with E-state index in [2.05, 4.69) is 0 Å². The predicted octanol–water partition coefficient (Wildman–Crippen LogP) is 2.20. The van der Waals surface area contributed by atoms with Crippen LogP contribution in [0.15, 0.2) is 54.6 Å². The molecule has 2 aromatic carbocycles. The topological polar surface area (TPSA) is 52.9 Å². The fraction of sp³-hybridized carbons (Fsp3) is 0.368. The van der Waals surface area contributed by atoms with Crippen LogP contribution in [-0.2, 0) is 17.9 Å². The number of ether oxygens (including phenoxy) is 1. The van der Waals surface area contributed by atoms with E-state index in [0.717, 1.165) is 5.56 Å². The molecule has 1 unspecified atom stereocenters. The SMILES string of the molecule is OCCN(Cc1ccccc1)CC(O)COCc1ccccc1F. The Bertz CT molecular complexity index is 594. The van der Waals surface area contributed by atoms with Crippen LogP contribution in [0.4, 0.5) is 4.39 Å². The van der Waals surface area contributed by atoms with Crippen LogP contribution in [-0.4, -0.2) is 47.5 Å². The van der Waals surface area contributed by atoms with E-state index in [1.54, 1.807) is 18.2 Å². The molecule has 1 atom stereocenters. The maximum Gasteiger partial charge on any atom is 0.128 e. The molecule has 4 nitrogen and oxygen atoms in total. The molecule has 2 rings (SSSR count). The Morgan fingerprint density at radius 2 is 1.75 bits per heavy atom. The van der Waals surface area contributed by atoms with Crippen LogP contribution in [0.2, 0.25) is 0 Å². The first-order chi connectivity index (χ1) is 11.7. The van der Waals surface area contributed by atoms with Crippen molar-refractivity contribution in [2.24, 2.45) is 0 Å². The van der Waals surface area contributed by atoms with Gasteiger partial charge in [0.2, 0.25) is 0 Å². The van der Waals surface area contributed by atoms with E-state index in [1.807, 2.05) is 35.2 Å². The minimum atomic E-state index is -0.702. The first-order valence-electron chi connectivity index (χ1n) is 8.05. The summed E-state index contributed by atoms with van der Waals surface area (Å²) in [6.07, 6.45) is -0.702.